The molecule has 1 aromatic rings. The van der Waals surface area contributed by atoms with Crippen LogP contribution in [0.1, 0.15) is 36.0 Å². The number of halogens is 1. The predicted molar refractivity (Wildman–Crippen MR) is 79.0 cm³/mol. The van der Waals surface area contributed by atoms with Crippen LogP contribution in [0.3, 0.4) is 0 Å². The second kappa shape index (κ2) is 5.26. The van der Waals surface area contributed by atoms with E-state index >= 15 is 0 Å². The number of carbonyl (C=O) groups is 3. The van der Waals surface area contributed by atoms with E-state index in [1.807, 2.05) is 0 Å². The molecule has 6 heteroatoms. The lowest BCUT2D eigenvalue weighted by atomic mass is 9.81. The number of fused-ring (bicyclic) bond motifs is 1. The minimum Gasteiger partial charge on any atom is -0.478 e. The second-order valence-electron chi connectivity index (χ2n) is 5.48. The summed E-state index contributed by atoms with van der Waals surface area (Å²) in [6.07, 6.45) is 3.32. The van der Waals surface area contributed by atoms with Crippen LogP contribution in [0.5, 0.6) is 0 Å². The number of carboxylic acids is 1. The molecular formula is C15H14BrNO4. The van der Waals surface area contributed by atoms with Gasteiger partial charge in [-0.1, -0.05) is 28.8 Å². The number of carbonyl (C=O) groups excluding carboxylic acids is 2. The summed E-state index contributed by atoms with van der Waals surface area (Å²) in [5.74, 6) is -2.22. The summed E-state index contributed by atoms with van der Waals surface area (Å²) in [7, 11) is 0. The molecule has 21 heavy (non-hydrogen) atoms. The SMILES string of the molecule is O=C(O)c1cc(Br)ccc1N1C(=O)C2CCCCC2C1=O. The van der Waals surface area contributed by atoms with Gasteiger partial charge in [-0.3, -0.25) is 9.59 Å². The predicted octanol–water partition coefficient (Wildman–Crippen LogP) is 2.83. The Morgan fingerprint density at radius 1 is 1.14 bits per heavy atom. The standard InChI is InChI=1S/C15H14BrNO4/c16-8-5-6-12(11(7-8)15(20)21)17-13(18)9-3-1-2-4-10(9)14(17)19/h5-7,9-10H,1-4H2,(H,20,21). The highest BCUT2D eigenvalue weighted by Crippen LogP contribution is 2.41. The summed E-state index contributed by atoms with van der Waals surface area (Å²) >= 11 is 3.21. The van der Waals surface area contributed by atoms with E-state index in [9.17, 15) is 19.5 Å². The van der Waals surface area contributed by atoms with Crippen molar-refractivity contribution in [2.75, 3.05) is 4.90 Å². The Labute approximate surface area is 130 Å². The minimum atomic E-state index is -1.15. The van der Waals surface area contributed by atoms with Crippen LogP contribution in [0, 0.1) is 11.8 Å². The number of carboxylic acid groups (broad SMARTS) is 1. The van der Waals surface area contributed by atoms with E-state index in [1.165, 1.54) is 12.1 Å². The molecule has 0 aromatic heterocycles. The lowest BCUT2D eigenvalue weighted by molar-refractivity contribution is -0.122. The number of imide groups is 1. The largest absolute Gasteiger partial charge is 0.478 e. The van der Waals surface area contributed by atoms with E-state index in [2.05, 4.69) is 15.9 Å². The van der Waals surface area contributed by atoms with E-state index in [0.717, 1.165) is 17.7 Å². The topological polar surface area (TPSA) is 74.7 Å². The Morgan fingerprint density at radius 3 is 2.24 bits per heavy atom. The first kappa shape index (κ1) is 14.3. The van der Waals surface area contributed by atoms with E-state index in [1.54, 1.807) is 6.07 Å². The Balaban J connectivity index is 2.06. The van der Waals surface area contributed by atoms with Crippen molar-refractivity contribution in [2.45, 2.75) is 25.7 Å². The average Bonchev–Trinajstić information content (AvgIpc) is 2.72. The molecule has 2 fully saturated rings. The van der Waals surface area contributed by atoms with Crippen molar-refractivity contribution in [3.05, 3.63) is 28.2 Å². The molecule has 1 aliphatic carbocycles. The van der Waals surface area contributed by atoms with Crippen molar-refractivity contribution in [2.24, 2.45) is 11.8 Å². The van der Waals surface area contributed by atoms with Crippen LogP contribution in [0.25, 0.3) is 0 Å². The highest BCUT2D eigenvalue weighted by molar-refractivity contribution is 9.10. The van der Waals surface area contributed by atoms with Gasteiger partial charge in [0, 0.05) is 4.47 Å². The third-order valence-corrected chi connectivity index (χ3v) is 4.76. The summed E-state index contributed by atoms with van der Waals surface area (Å²) < 4.78 is 0.597. The van der Waals surface area contributed by atoms with Gasteiger partial charge in [0.25, 0.3) is 0 Å². The third-order valence-electron chi connectivity index (χ3n) is 4.27. The summed E-state index contributed by atoms with van der Waals surface area (Å²) in [6, 6.07) is 4.57. The molecule has 5 nitrogen and oxygen atoms in total. The number of aromatic carboxylic acids is 1. The summed E-state index contributed by atoms with van der Waals surface area (Å²) in [4.78, 5) is 37.5. The van der Waals surface area contributed by atoms with E-state index in [-0.39, 0.29) is 34.9 Å². The molecular weight excluding hydrogens is 338 g/mol. The Bertz CT molecular complexity index is 619. The molecule has 0 spiro atoms. The maximum atomic E-state index is 12.5. The molecule has 1 saturated carbocycles. The van der Waals surface area contributed by atoms with Gasteiger partial charge in [0.15, 0.2) is 0 Å². The molecule has 0 bridgehead atoms. The number of hydrogen-bond acceptors (Lipinski definition) is 3. The monoisotopic (exact) mass is 351 g/mol. The van der Waals surface area contributed by atoms with Crippen LogP contribution >= 0.6 is 15.9 Å². The molecule has 2 unspecified atom stereocenters. The molecule has 1 aliphatic heterocycles. The maximum absolute atomic E-state index is 12.5. The van der Waals surface area contributed by atoms with Gasteiger partial charge in [-0.2, -0.15) is 0 Å². The zero-order valence-electron chi connectivity index (χ0n) is 11.2. The van der Waals surface area contributed by atoms with Crippen molar-refractivity contribution < 1.29 is 19.5 Å². The van der Waals surface area contributed by atoms with Crippen molar-refractivity contribution in [3.63, 3.8) is 0 Å². The van der Waals surface area contributed by atoms with E-state index < -0.39 is 5.97 Å². The third kappa shape index (κ3) is 2.27. The van der Waals surface area contributed by atoms with Gasteiger partial charge in [0.1, 0.15) is 0 Å². The van der Waals surface area contributed by atoms with Gasteiger partial charge >= 0.3 is 5.97 Å². The summed E-state index contributed by atoms with van der Waals surface area (Å²) in [6.45, 7) is 0. The molecule has 0 radical (unpaired) electrons. The fourth-order valence-corrected chi connectivity index (χ4v) is 3.64. The van der Waals surface area contributed by atoms with Gasteiger partial charge in [0.2, 0.25) is 11.8 Å². The summed E-state index contributed by atoms with van der Waals surface area (Å²) in [5.41, 5.74) is 0.139. The molecule has 1 N–H and O–H groups in total. The molecule has 1 saturated heterocycles. The average molecular weight is 352 g/mol. The first-order chi connectivity index (χ1) is 10.0. The highest BCUT2D eigenvalue weighted by Gasteiger charge is 2.49. The van der Waals surface area contributed by atoms with E-state index in [0.29, 0.717) is 17.3 Å². The Hall–Kier alpha value is -1.69. The van der Waals surface area contributed by atoms with Gasteiger partial charge in [-0.15, -0.1) is 0 Å². The number of nitrogens with zero attached hydrogens (tertiary/aromatic N) is 1. The van der Waals surface area contributed by atoms with Crippen molar-refractivity contribution in [1.29, 1.82) is 0 Å². The fourth-order valence-electron chi connectivity index (χ4n) is 3.27. The molecule has 2 aliphatic rings. The summed E-state index contributed by atoms with van der Waals surface area (Å²) in [5, 5.41) is 9.31. The van der Waals surface area contributed by atoms with Crippen molar-refractivity contribution >= 4 is 39.4 Å². The number of amides is 2. The second-order valence-corrected chi connectivity index (χ2v) is 6.39. The van der Waals surface area contributed by atoms with Crippen LogP contribution in [-0.2, 0) is 9.59 Å². The van der Waals surface area contributed by atoms with Crippen LogP contribution in [0.4, 0.5) is 5.69 Å². The minimum absolute atomic E-state index is 0.0373. The number of anilines is 1. The van der Waals surface area contributed by atoms with Crippen LogP contribution in [0.2, 0.25) is 0 Å². The van der Waals surface area contributed by atoms with Gasteiger partial charge in [0.05, 0.1) is 23.1 Å². The quantitative estimate of drug-likeness (QED) is 0.831. The van der Waals surface area contributed by atoms with Crippen LogP contribution < -0.4 is 4.90 Å². The van der Waals surface area contributed by atoms with Crippen LogP contribution in [0.15, 0.2) is 22.7 Å². The molecule has 2 atom stereocenters. The smallest absolute Gasteiger partial charge is 0.337 e. The first-order valence-electron chi connectivity index (χ1n) is 6.91. The number of rotatable bonds is 2. The molecule has 2 amide bonds. The molecule has 1 heterocycles. The number of benzene rings is 1. The zero-order chi connectivity index (χ0) is 15.1. The maximum Gasteiger partial charge on any atom is 0.337 e. The highest BCUT2D eigenvalue weighted by atomic mass is 79.9. The molecule has 110 valence electrons. The molecule has 3 rings (SSSR count). The zero-order valence-corrected chi connectivity index (χ0v) is 12.8. The van der Waals surface area contributed by atoms with Gasteiger partial charge in [-0.25, -0.2) is 9.69 Å². The first-order valence-corrected chi connectivity index (χ1v) is 7.70. The lowest BCUT2D eigenvalue weighted by Crippen LogP contribution is -2.32. The van der Waals surface area contributed by atoms with Gasteiger partial charge < -0.3 is 5.11 Å². The number of hydrogen-bond donors (Lipinski definition) is 1. The van der Waals surface area contributed by atoms with Gasteiger partial charge in [-0.05, 0) is 31.0 Å². The van der Waals surface area contributed by atoms with Crippen LogP contribution in [-0.4, -0.2) is 22.9 Å². The Kier molecular flexibility index (Phi) is 3.57. The van der Waals surface area contributed by atoms with Crippen molar-refractivity contribution in [1.82, 2.24) is 0 Å². The van der Waals surface area contributed by atoms with Crippen molar-refractivity contribution in [3.8, 4) is 0 Å². The normalized spacial score (nSPS) is 25.1. The van der Waals surface area contributed by atoms with E-state index in [4.69, 9.17) is 0 Å². The fraction of sp³-hybridized carbons (Fsp3) is 0.400. The lowest BCUT2D eigenvalue weighted by Gasteiger charge is -2.19. The molecule has 1 aromatic carbocycles. The Morgan fingerprint density at radius 2 is 1.71 bits per heavy atom.